The lowest BCUT2D eigenvalue weighted by Gasteiger charge is -1.99. The van der Waals surface area contributed by atoms with Crippen molar-refractivity contribution >= 4 is 59.7 Å². The fourth-order valence-corrected chi connectivity index (χ4v) is 3.14. The molecule has 7 heteroatoms. The van der Waals surface area contributed by atoms with Gasteiger partial charge < -0.3 is 5.32 Å². The topological polar surface area (TPSA) is 37.8 Å². The number of anilines is 1. The summed E-state index contributed by atoms with van der Waals surface area (Å²) in [4.78, 5) is 0. The molecule has 0 spiro atoms. The summed E-state index contributed by atoms with van der Waals surface area (Å²) >= 11 is 9.91. The molecule has 0 saturated heterocycles. The summed E-state index contributed by atoms with van der Waals surface area (Å²) in [6.45, 7) is 0.770. The molecule has 0 aliphatic heterocycles. The Morgan fingerprint density at radius 3 is 2.79 bits per heavy atom. The Bertz CT molecular complexity index is 426. The quantitative estimate of drug-likeness (QED) is 0.912. The maximum atomic E-state index is 3.94. The summed E-state index contributed by atoms with van der Waals surface area (Å²) in [5.74, 6) is 0. The van der Waals surface area contributed by atoms with Crippen LogP contribution in [0, 0.1) is 0 Å². The Morgan fingerprint density at radius 1 is 1.36 bits per heavy atom. The van der Waals surface area contributed by atoms with Crippen molar-refractivity contribution in [3.63, 3.8) is 0 Å². The molecule has 74 valence electrons. The van der Waals surface area contributed by atoms with E-state index in [0.29, 0.717) is 0 Å². The van der Waals surface area contributed by atoms with Gasteiger partial charge in [-0.25, -0.2) is 0 Å². The van der Waals surface area contributed by atoms with E-state index in [0.717, 1.165) is 19.4 Å². The lowest BCUT2D eigenvalue weighted by molar-refractivity contribution is 1.04. The van der Waals surface area contributed by atoms with E-state index >= 15 is 0 Å². The van der Waals surface area contributed by atoms with Gasteiger partial charge in [0.25, 0.3) is 0 Å². The van der Waals surface area contributed by atoms with Crippen molar-refractivity contribution in [2.24, 2.45) is 0 Å². The standard InChI is InChI=1S/C7H5Br2N3S2/c8-5-4(1-2-13-5)3-10-7-12-11-6(9)14-7/h1-2H,3H2,(H,10,12). The van der Waals surface area contributed by atoms with Crippen LogP contribution < -0.4 is 5.32 Å². The number of aromatic nitrogens is 2. The zero-order chi connectivity index (χ0) is 9.97. The second-order valence-electron chi connectivity index (χ2n) is 2.43. The summed E-state index contributed by atoms with van der Waals surface area (Å²) in [7, 11) is 0. The molecule has 0 bridgehead atoms. The van der Waals surface area contributed by atoms with Crippen LogP contribution in [-0.4, -0.2) is 10.2 Å². The van der Waals surface area contributed by atoms with Crippen LogP contribution in [0.1, 0.15) is 5.56 Å². The zero-order valence-electron chi connectivity index (χ0n) is 6.83. The van der Waals surface area contributed by atoms with Crippen LogP contribution in [0.5, 0.6) is 0 Å². The molecule has 3 nitrogen and oxygen atoms in total. The van der Waals surface area contributed by atoms with Crippen molar-refractivity contribution in [1.29, 1.82) is 0 Å². The van der Waals surface area contributed by atoms with Crippen LogP contribution in [0.3, 0.4) is 0 Å². The minimum absolute atomic E-state index is 0.770. The van der Waals surface area contributed by atoms with Crippen LogP contribution >= 0.6 is 54.5 Å². The molecule has 0 saturated carbocycles. The maximum absolute atomic E-state index is 3.94. The summed E-state index contributed by atoms with van der Waals surface area (Å²) in [5.41, 5.74) is 1.24. The fraction of sp³-hybridized carbons (Fsp3) is 0.143. The largest absolute Gasteiger partial charge is 0.356 e. The van der Waals surface area contributed by atoms with Crippen molar-refractivity contribution < 1.29 is 0 Å². The summed E-state index contributed by atoms with van der Waals surface area (Å²) in [5, 5.41) is 13.9. The third kappa shape index (κ3) is 2.53. The first kappa shape index (κ1) is 10.5. The highest BCUT2D eigenvalue weighted by molar-refractivity contribution is 9.11. The molecule has 2 aromatic heterocycles. The number of hydrogen-bond acceptors (Lipinski definition) is 5. The predicted molar refractivity (Wildman–Crippen MR) is 67.0 cm³/mol. The maximum Gasteiger partial charge on any atom is 0.206 e. The molecule has 0 atom stereocenters. The van der Waals surface area contributed by atoms with Crippen LogP contribution in [0.4, 0.5) is 5.13 Å². The van der Waals surface area contributed by atoms with Crippen LogP contribution in [0.2, 0.25) is 0 Å². The minimum Gasteiger partial charge on any atom is -0.356 e. The number of nitrogens with zero attached hydrogens (tertiary/aromatic N) is 2. The van der Waals surface area contributed by atoms with Gasteiger partial charge in [0.1, 0.15) is 0 Å². The molecule has 14 heavy (non-hydrogen) atoms. The van der Waals surface area contributed by atoms with E-state index in [1.54, 1.807) is 11.3 Å². The van der Waals surface area contributed by atoms with E-state index in [-0.39, 0.29) is 0 Å². The third-order valence-corrected chi connectivity index (χ3v) is 4.65. The number of thiophene rings is 1. The number of hydrogen-bond donors (Lipinski definition) is 1. The van der Waals surface area contributed by atoms with Crippen LogP contribution in [0.25, 0.3) is 0 Å². The highest BCUT2D eigenvalue weighted by Gasteiger charge is 2.03. The first-order valence-electron chi connectivity index (χ1n) is 3.70. The molecule has 0 aromatic carbocycles. The second-order valence-corrected chi connectivity index (χ2v) is 6.92. The van der Waals surface area contributed by atoms with Gasteiger partial charge in [-0.05, 0) is 48.9 Å². The first-order chi connectivity index (χ1) is 6.75. The molecular weight excluding hydrogens is 350 g/mol. The molecule has 1 N–H and O–H groups in total. The Labute approximate surface area is 106 Å². The van der Waals surface area contributed by atoms with Crippen molar-refractivity contribution in [2.45, 2.75) is 6.54 Å². The lowest BCUT2D eigenvalue weighted by atomic mass is 10.3. The van der Waals surface area contributed by atoms with Gasteiger partial charge in [0.2, 0.25) is 5.13 Å². The minimum atomic E-state index is 0.770. The Morgan fingerprint density at radius 2 is 2.21 bits per heavy atom. The zero-order valence-corrected chi connectivity index (χ0v) is 11.6. The highest BCUT2D eigenvalue weighted by atomic mass is 79.9. The van der Waals surface area contributed by atoms with Crippen molar-refractivity contribution in [2.75, 3.05) is 5.32 Å². The smallest absolute Gasteiger partial charge is 0.206 e. The average Bonchev–Trinajstić information content (AvgIpc) is 2.72. The predicted octanol–water partition coefficient (Wildman–Crippen LogP) is 3.74. The molecule has 0 unspecified atom stereocenters. The molecule has 2 aromatic rings. The van der Waals surface area contributed by atoms with Crippen LogP contribution in [-0.2, 0) is 6.54 Å². The molecule has 0 aliphatic rings. The molecule has 0 radical (unpaired) electrons. The number of halogens is 2. The number of nitrogens with one attached hydrogen (secondary N) is 1. The summed E-state index contributed by atoms with van der Waals surface area (Å²) in [6, 6.07) is 2.08. The van der Waals surface area contributed by atoms with Gasteiger partial charge in [0, 0.05) is 6.54 Å². The normalized spacial score (nSPS) is 10.4. The van der Waals surface area contributed by atoms with Gasteiger partial charge >= 0.3 is 0 Å². The van der Waals surface area contributed by atoms with E-state index < -0.39 is 0 Å². The first-order valence-corrected chi connectivity index (χ1v) is 6.98. The Hall–Kier alpha value is 0.0200. The average molecular weight is 355 g/mol. The molecule has 2 heterocycles. The number of rotatable bonds is 3. The Kier molecular flexibility index (Phi) is 3.53. The molecule has 0 fully saturated rings. The van der Waals surface area contributed by atoms with E-state index in [4.69, 9.17) is 0 Å². The van der Waals surface area contributed by atoms with E-state index in [2.05, 4.69) is 58.8 Å². The van der Waals surface area contributed by atoms with E-state index in [1.807, 2.05) is 0 Å². The molecule has 0 aliphatic carbocycles. The summed E-state index contributed by atoms with van der Waals surface area (Å²) in [6.07, 6.45) is 0. The van der Waals surface area contributed by atoms with Gasteiger partial charge in [-0.2, -0.15) is 0 Å². The van der Waals surface area contributed by atoms with Crippen LogP contribution in [0.15, 0.2) is 19.1 Å². The van der Waals surface area contributed by atoms with Gasteiger partial charge in [-0.3, -0.25) is 0 Å². The van der Waals surface area contributed by atoms with Gasteiger partial charge in [-0.1, -0.05) is 11.3 Å². The molecule has 2 rings (SSSR count). The monoisotopic (exact) mass is 353 g/mol. The second kappa shape index (κ2) is 4.69. The Balaban J connectivity index is 1.98. The van der Waals surface area contributed by atoms with E-state index in [1.165, 1.54) is 16.9 Å². The van der Waals surface area contributed by atoms with Crippen molar-refractivity contribution in [1.82, 2.24) is 10.2 Å². The fourth-order valence-electron chi connectivity index (χ4n) is 0.893. The van der Waals surface area contributed by atoms with E-state index in [9.17, 15) is 0 Å². The van der Waals surface area contributed by atoms with Crippen molar-refractivity contribution in [3.05, 3.63) is 24.7 Å². The van der Waals surface area contributed by atoms with Gasteiger partial charge in [-0.15, -0.1) is 21.5 Å². The van der Waals surface area contributed by atoms with Crippen molar-refractivity contribution in [3.8, 4) is 0 Å². The third-order valence-electron chi connectivity index (χ3n) is 1.52. The molecule has 0 amide bonds. The van der Waals surface area contributed by atoms with Gasteiger partial charge in [0.05, 0.1) is 3.79 Å². The lowest BCUT2D eigenvalue weighted by Crippen LogP contribution is -1.97. The van der Waals surface area contributed by atoms with Gasteiger partial charge in [0.15, 0.2) is 3.92 Å². The SMILES string of the molecule is Brc1nnc(NCc2ccsc2Br)s1. The summed E-state index contributed by atoms with van der Waals surface area (Å²) < 4.78 is 1.96. The molecular formula is C7H5Br2N3S2. The highest BCUT2D eigenvalue weighted by Crippen LogP contribution is 2.25.